The molecule has 2 aromatic carbocycles. The van der Waals surface area contributed by atoms with E-state index in [1.165, 1.54) is 0 Å². The number of halogens is 3. The van der Waals surface area contributed by atoms with Gasteiger partial charge in [-0.25, -0.2) is 4.98 Å². The van der Waals surface area contributed by atoms with E-state index in [0.29, 0.717) is 5.02 Å². The number of nitrogens with zero attached hydrogens (tertiary/aromatic N) is 2. The van der Waals surface area contributed by atoms with Crippen molar-refractivity contribution < 1.29 is 4.74 Å². The number of fused-ring (bicyclic) bond motifs is 2. The number of aromatic nitrogens is 1. The highest BCUT2D eigenvalue weighted by atomic mass is 35.5. The van der Waals surface area contributed by atoms with Gasteiger partial charge in [-0.05, 0) is 62.5 Å². The minimum atomic E-state index is 0. The molecular formula is C21H28Cl3N3O. The average Bonchev–Trinajstić information content (AvgIpc) is 2.66. The van der Waals surface area contributed by atoms with Gasteiger partial charge in [-0.1, -0.05) is 25.4 Å². The fraction of sp³-hybridized carbons (Fsp3) is 0.381. The summed E-state index contributed by atoms with van der Waals surface area (Å²) in [6, 6.07) is 11.9. The monoisotopic (exact) mass is 443 g/mol. The van der Waals surface area contributed by atoms with Crippen LogP contribution in [0.1, 0.15) is 20.3 Å². The van der Waals surface area contributed by atoms with Crippen molar-refractivity contribution in [2.45, 2.75) is 20.3 Å². The normalized spacial score (nSPS) is 10.6. The van der Waals surface area contributed by atoms with E-state index in [1.807, 2.05) is 36.4 Å². The molecule has 3 rings (SSSR count). The van der Waals surface area contributed by atoms with Crippen LogP contribution in [-0.2, 0) is 0 Å². The fourth-order valence-corrected chi connectivity index (χ4v) is 3.44. The summed E-state index contributed by atoms with van der Waals surface area (Å²) in [5.41, 5.74) is 2.94. The number of methoxy groups -OCH3 is 1. The Bertz CT molecular complexity index is 901. The number of rotatable bonds is 8. The molecule has 0 aliphatic rings. The number of anilines is 1. The minimum Gasteiger partial charge on any atom is -0.497 e. The highest BCUT2D eigenvalue weighted by molar-refractivity contribution is 6.31. The number of nitrogens with one attached hydrogen (secondary N) is 1. The zero-order valence-corrected chi connectivity index (χ0v) is 18.9. The van der Waals surface area contributed by atoms with Crippen LogP contribution in [0.25, 0.3) is 21.8 Å². The second-order valence-electron chi connectivity index (χ2n) is 6.34. The van der Waals surface area contributed by atoms with Gasteiger partial charge < -0.3 is 15.0 Å². The third-order valence-corrected chi connectivity index (χ3v) is 5.03. The van der Waals surface area contributed by atoms with E-state index < -0.39 is 0 Å². The molecule has 0 saturated heterocycles. The van der Waals surface area contributed by atoms with Crippen molar-refractivity contribution in [3.8, 4) is 5.75 Å². The molecule has 1 aromatic heterocycles. The molecule has 0 radical (unpaired) electrons. The molecule has 0 amide bonds. The van der Waals surface area contributed by atoms with Crippen LogP contribution in [0, 0.1) is 0 Å². The summed E-state index contributed by atoms with van der Waals surface area (Å²) in [6.45, 7) is 8.59. The van der Waals surface area contributed by atoms with Crippen molar-refractivity contribution in [1.82, 2.24) is 9.88 Å². The van der Waals surface area contributed by atoms with Crippen molar-refractivity contribution in [2.75, 3.05) is 38.6 Å². The summed E-state index contributed by atoms with van der Waals surface area (Å²) in [4.78, 5) is 7.21. The van der Waals surface area contributed by atoms with Gasteiger partial charge in [0, 0.05) is 22.3 Å². The van der Waals surface area contributed by atoms with Crippen molar-refractivity contribution in [3.05, 3.63) is 41.4 Å². The standard InChI is InChI=1S/C21H26ClN3O.2ClH/c1-4-25(5-2)12-6-11-23-21-17-9-7-15(22)13-20(17)24-19-10-8-16(26-3)14-18(19)21;;/h7-10,13-14H,4-6,11-12H2,1-3H3,(H,23,24);2*1H. The zero-order chi connectivity index (χ0) is 18.5. The predicted octanol–water partition coefficient (Wildman–Crippen LogP) is 6.04. The largest absolute Gasteiger partial charge is 0.497 e. The van der Waals surface area contributed by atoms with Crippen LogP contribution in [0.15, 0.2) is 36.4 Å². The Morgan fingerprint density at radius 3 is 2.43 bits per heavy atom. The summed E-state index contributed by atoms with van der Waals surface area (Å²) >= 11 is 6.18. The van der Waals surface area contributed by atoms with E-state index in [1.54, 1.807) is 7.11 Å². The Morgan fingerprint density at radius 2 is 1.75 bits per heavy atom. The second-order valence-corrected chi connectivity index (χ2v) is 6.78. The Morgan fingerprint density at radius 1 is 1.00 bits per heavy atom. The van der Waals surface area contributed by atoms with Crippen molar-refractivity contribution >= 4 is 63.9 Å². The second kappa shape index (κ2) is 11.5. The molecule has 154 valence electrons. The van der Waals surface area contributed by atoms with Crippen LogP contribution in [0.3, 0.4) is 0 Å². The van der Waals surface area contributed by atoms with Crippen LogP contribution in [-0.4, -0.2) is 43.2 Å². The highest BCUT2D eigenvalue weighted by Gasteiger charge is 2.11. The van der Waals surface area contributed by atoms with E-state index in [0.717, 1.165) is 65.8 Å². The van der Waals surface area contributed by atoms with E-state index in [2.05, 4.69) is 24.1 Å². The smallest absolute Gasteiger partial charge is 0.119 e. The van der Waals surface area contributed by atoms with Crippen LogP contribution in [0.2, 0.25) is 5.02 Å². The molecule has 4 nitrogen and oxygen atoms in total. The first-order chi connectivity index (χ1) is 12.7. The van der Waals surface area contributed by atoms with Gasteiger partial charge in [0.2, 0.25) is 0 Å². The maximum atomic E-state index is 6.18. The lowest BCUT2D eigenvalue weighted by Gasteiger charge is -2.19. The van der Waals surface area contributed by atoms with Gasteiger partial charge in [-0.3, -0.25) is 0 Å². The van der Waals surface area contributed by atoms with Crippen molar-refractivity contribution in [3.63, 3.8) is 0 Å². The molecule has 0 spiro atoms. The Labute approximate surface area is 184 Å². The van der Waals surface area contributed by atoms with Gasteiger partial charge in [0.25, 0.3) is 0 Å². The lowest BCUT2D eigenvalue weighted by atomic mass is 10.1. The molecule has 1 N–H and O–H groups in total. The molecule has 0 atom stereocenters. The van der Waals surface area contributed by atoms with Crippen molar-refractivity contribution in [2.24, 2.45) is 0 Å². The number of hydrogen-bond acceptors (Lipinski definition) is 4. The van der Waals surface area contributed by atoms with Gasteiger partial charge in [-0.2, -0.15) is 0 Å². The Kier molecular flexibility index (Phi) is 10.1. The molecule has 0 fully saturated rings. The van der Waals surface area contributed by atoms with Gasteiger partial charge in [0.05, 0.1) is 23.8 Å². The average molecular weight is 445 g/mol. The van der Waals surface area contributed by atoms with Gasteiger partial charge in [-0.15, -0.1) is 24.8 Å². The Balaban J connectivity index is 0.00000196. The summed E-state index contributed by atoms with van der Waals surface area (Å²) in [7, 11) is 1.69. The topological polar surface area (TPSA) is 37.4 Å². The number of hydrogen-bond donors (Lipinski definition) is 1. The highest BCUT2D eigenvalue weighted by Crippen LogP contribution is 2.34. The first-order valence-corrected chi connectivity index (χ1v) is 9.57. The summed E-state index contributed by atoms with van der Waals surface area (Å²) in [5, 5.41) is 6.49. The van der Waals surface area contributed by atoms with Crippen LogP contribution >= 0.6 is 36.4 Å². The summed E-state index contributed by atoms with van der Waals surface area (Å²) in [6.07, 6.45) is 1.09. The molecule has 28 heavy (non-hydrogen) atoms. The van der Waals surface area contributed by atoms with Gasteiger partial charge in [0.15, 0.2) is 0 Å². The molecule has 0 bridgehead atoms. The molecule has 0 aliphatic heterocycles. The van der Waals surface area contributed by atoms with E-state index in [-0.39, 0.29) is 24.8 Å². The quantitative estimate of drug-likeness (QED) is 0.339. The molecule has 0 aliphatic carbocycles. The predicted molar refractivity (Wildman–Crippen MR) is 126 cm³/mol. The Hall–Kier alpha value is -1.46. The lowest BCUT2D eigenvalue weighted by molar-refractivity contribution is 0.303. The van der Waals surface area contributed by atoms with Gasteiger partial charge >= 0.3 is 0 Å². The number of ether oxygens (including phenoxy) is 1. The SMILES string of the molecule is CCN(CC)CCCNc1c2ccc(Cl)cc2nc2ccc(OC)cc12.Cl.Cl. The molecule has 0 saturated carbocycles. The molecule has 3 aromatic rings. The number of benzene rings is 2. The number of pyridine rings is 1. The fourth-order valence-electron chi connectivity index (χ4n) is 3.27. The van der Waals surface area contributed by atoms with Crippen LogP contribution in [0.4, 0.5) is 5.69 Å². The third kappa shape index (κ3) is 5.54. The molecule has 1 heterocycles. The minimum absolute atomic E-state index is 0. The van der Waals surface area contributed by atoms with E-state index >= 15 is 0 Å². The zero-order valence-electron chi connectivity index (χ0n) is 16.5. The third-order valence-electron chi connectivity index (χ3n) is 4.79. The first kappa shape index (κ1) is 24.6. The van der Waals surface area contributed by atoms with E-state index in [4.69, 9.17) is 21.3 Å². The van der Waals surface area contributed by atoms with Gasteiger partial charge in [0.1, 0.15) is 5.75 Å². The maximum Gasteiger partial charge on any atom is 0.119 e. The molecular weight excluding hydrogens is 417 g/mol. The maximum absolute atomic E-state index is 6.18. The molecule has 0 unspecified atom stereocenters. The summed E-state index contributed by atoms with van der Waals surface area (Å²) in [5.74, 6) is 0.832. The first-order valence-electron chi connectivity index (χ1n) is 9.19. The lowest BCUT2D eigenvalue weighted by Crippen LogP contribution is -2.25. The van der Waals surface area contributed by atoms with Crippen molar-refractivity contribution in [1.29, 1.82) is 0 Å². The van der Waals surface area contributed by atoms with E-state index in [9.17, 15) is 0 Å². The summed E-state index contributed by atoms with van der Waals surface area (Å²) < 4.78 is 5.41. The van der Waals surface area contributed by atoms with Crippen LogP contribution in [0.5, 0.6) is 5.75 Å². The molecule has 7 heteroatoms. The van der Waals surface area contributed by atoms with Crippen LogP contribution < -0.4 is 10.1 Å².